The van der Waals surface area contributed by atoms with Gasteiger partial charge in [0.15, 0.2) is 0 Å². The number of nitrogens with one attached hydrogen (secondary N) is 1. The van der Waals surface area contributed by atoms with Gasteiger partial charge >= 0.3 is 0 Å². The highest BCUT2D eigenvalue weighted by Crippen LogP contribution is 2.38. The standard InChI is InChI=1S/C29H37N5O3/c1-19(2)31-28(35)22-8-10-24(11-9-22)34-25-17-26(33-12-14-37-15-13-33)30-18-23(25)16-27(34)32-29(36)21-6-4-20(3)5-7-21/h4-7,17-19,22,24H,8-16H2,1-3H3,(H,31,35). The van der Waals surface area contributed by atoms with E-state index in [4.69, 9.17) is 9.72 Å². The molecule has 2 aromatic rings. The lowest BCUT2D eigenvalue weighted by Gasteiger charge is -2.36. The van der Waals surface area contributed by atoms with E-state index in [1.165, 1.54) is 0 Å². The van der Waals surface area contributed by atoms with Crippen molar-refractivity contribution >= 4 is 29.2 Å². The fourth-order valence-electron chi connectivity index (χ4n) is 5.56. The summed E-state index contributed by atoms with van der Waals surface area (Å²) in [5.74, 6) is 1.67. The number of pyridine rings is 1. The van der Waals surface area contributed by atoms with E-state index >= 15 is 0 Å². The summed E-state index contributed by atoms with van der Waals surface area (Å²) < 4.78 is 5.52. The van der Waals surface area contributed by atoms with Crippen LogP contribution < -0.4 is 15.1 Å². The number of carbonyl (C=O) groups is 2. The fourth-order valence-corrected chi connectivity index (χ4v) is 5.56. The van der Waals surface area contributed by atoms with E-state index in [2.05, 4.69) is 26.2 Å². The number of amidine groups is 1. The van der Waals surface area contributed by atoms with Gasteiger partial charge in [-0.05, 0) is 58.6 Å². The van der Waals surface area contributed by atoms with Crippen LogP contribution in [0.2, 0.25) is 0 Å². The number of aromatic nitrogens is 1. The van der Waals surface area contributed by atoms with Crippen LogP contribution in [0.1, 0.15) is 61.0 Å². The molecule has 3 heterocycles. The molecule has 0 unspecified atom stereocenters. The molecule has 1 saturated heterocycles. The zero-order valence-corrected chi connectivity index (χ0v) is 22.1. The zero-order chi connectivity index (χ0) is 25.9. The number of amides is 2. The van der Waals surface area contributed by atoms with E-state index < -0.39 is 0 Å². The van der Waals surface area contributed by atoms with Gasteiger partial charge in [-0.3, -0.25) is 9.59 Å². The van der Waals surface area contributed by atoms with Gasteiger partial charge in [-0.1, -0.05) is 17.7 Å². The minimum absolute atomic E-state index is 0.0386. The molecule has 3 aliphatic rings. The van der Waals surface area contributed by atoms with Crippen LogP contribution in [0, 0.1) is 12.8 Å². The molecule has 2 amide bonds. The molecule has 1 N–H and O–H groups in total. The molecule has 37 heavy (non-hydrogen) atoms. The summed E-state index contributed by atoms with van der Waals surface area (Å²) in [4.78, 5) is 39.7. The number of hydrogen-bond donors (Lipinski definition) is 1. The Kier molecular flexibility index (Phi) is 7.55. The Hall–Kier alpha value is -3.26. The molecule has 0 spiro atoms. The van der Waals surface area contributed by atoms with E-state index in [1.807, 2.05) is 51.2 Å². The average Bonchev–Trinajstić information content (AvgIpc) is 3.26. The highest BCUT2D eigenvalue weighted by atomic mass is 16.5. The van der Waals surface area contributed by atoms with E-state index in [-0.39, 0.29) is 29.8 Å². The SMILES string of the molecule is Cc1ccc(C(=O)N=C2Cc3cnc(N4CCOCC4)cc3N2C2CCC(C(=O)NC(C)C)CC2)cc1. The number of aliphatic imine (C=N–C) groups is 1. The van der Waals surface area contributed by atoms with Crippen LogP contribution in [-0.4, -0.2) is 61.0 Å². The maximum absolute atomic E-state index is 13.1. The minimum Gasteiger partial charge on any atom is -0.378 e. The summed E-state index contributed by atoms with van der Waals surface area (Å²) in [6.45, 7) is 9.03. The van der Waals surface area contributed by atoms with Crippen molar-refractivity contribution in [1.82, 2.24) is 10.3 Å². The molecule has 1 aromatic heterocycles. The van der Waals surface area contributed by atoms with Gasteiger partial charge in [0.2, 0.25) is 5.91 Å². The smallest absolute Gasteiger partial charge is 0.278 e. The van der Waals surface area contributed by atoms with Crippen LogP contribution in [0.4, 0.5) is 11.5 Å². The van der Waals surface area contributed by atoms with Crippen molar-refractivity contribution in [2.24, 2.45) is 10.9 Å². The van der Waals surface area contributed by atoms with Crippen LogP contribution in [0.5, 0.6) is 0 Å². The van der Waals surface area contributed by atoms with E-state index in [0.717, 1.165) is 67.2 Å². The Morgan fingerprint density at radius 1 is 1.08 bits per heavy atom. The van der Waals surface area contributed by atoms with Crippen molar-refractivity contribution in [1.29, 1.82) is 0 Å². The summed E-state index contributed by atoms with van der Waals surface area (Å²) in [7, 11) is 0. The molecule has 1 saturated carbocycles. The maximum Gasteiger partial charge on any atom is 0.278 e. The number of ether oxygens (including phenoxy) is 1. The molecule has 196 valence electrons. The van der Waals surface area contributed by atoms with Crippen molar-refractivity contribution in [2.75, 3.05) is 36.1 Å². The van der Waals surface area contributed by atoms with E-state index in [1.54, 1.807) is 0 Å². The monoisotopic (exact) mass is 503 g/mol. The van der Waals surface area contributed by atoms with Crippen molar-refractivity contribution in [3.05, 3.63) is 53.2 Å². The van der Waals surface area contributed by atoms with Crippen LogP contribution >= 0.6 is 0 Å². The first-order valence-electron chi connectivity index (χ1n) is 13.5. The Balaban J connectivity index is 1.42. The Bertz CT molecular complexity index is 1160. The molecular weight excluding hydrogens is 466 g/mol. The first-order chi connectivity index (χ1) is 17.9. The fraction of sp³-hybridized carbons (Fsp3) is 0.517. The normalized spacial score (nSPS) is 22.9. The number of nitrogens with zero attached hydrogens (tertiary/aromatic N) is 4. The average molecular weight is 504 g/mol. The van der Waals surface area contributed by atoms with Gasteiger partial charge in [0.1, 0.15) is 11.7 Å². The molecule has 0 radical (unpaired) electrons. The molecule has 5 rings (SSSR count). The molecule has 2 aliphatic heterocycles. The minimum atomic E-state index is -0.223. The Morgan fingerprint density at radius 3 is 2.46 bits per heavy atom. The number of benzene rings is 1. The second kappa shape index (κ2) is 11.0. The summed E-state index contributed by atoms with van der Waals surface area (Å²) in [5, 5.41) is 3.07. The summed E-state index contributed by atoms with van der Waals surface area (Å²) in [6.07, 6.45) is 5.93. The molecule has 1 aromatic carbocycles. The number of hydrogen-bond acceptors (Lipinski definition) is 5. The quantitative estimate of drug-likeness (QED) is 0.666. The van der Waals surface area contributed by atoms with Gasteiger partial charge in [0.05, 0.1) is 18.9 Å². The molecule has 2 fully saturated rings. The van der Waals surface area contributed by atoms with Crippen molar-refractivity contribution in [3.63, 3.8) is 0 Å². The van der Waals surface area contributed by atoms with Gasteiger partial charge in [-0.15, -0.1) is 0 Å². The molecule has 8 heteroatoms. The number of morpholine rings is 1. The van der Waals surface area contributed by atoms with Gasteiger partial charge in [-0.25, -0.2) is 4.98 Å². The van der Waals surface area contributed by atoms with Gasteiger partial charge in [-0.2, -0.15) is 4.99 Å². The van der Waals surface area contributed by atoms with Crippen LogP contribution in [0.15, 0.2) is 41.5 Å². The van der Waals surface area contributed by atoms with E-state index in [0.29, 0.717) is 25.2 Å². The summed E-state index contributed by atoms with van der Waals surface area (Å²) in [5.41, 5.74) is 3.88. The van der Waals surface area contributed by atoms with Gasteiger partial charge < -0.3 is 19.9 Å². The highest BCUT2D eigenvalue weighted by molar-refractivity contribution is 6.13. The second-order valence-corrected chi connectivity index (χ2v) is 10.7. The molecule has 1 aliphatic carbocycles. The largest absolute Gasteiger partial charge is 0.378 e. The lowest BCUT2D eigenvalue weighted by molar-refractivity contribution is -0.126. The van der Waals surface area contributed by atoms with Gasteiger partial charge in [0.25, 0.3) is 5.91 Å². The maximum atomic E-state index is 13.1. The number of rotatable bonds is 5. The third kappa shape index (κ3) is 5.69. The predicted octanol–water partition coefficient (Wildman–Crippen LogP) is 3.91. The Morgan fingerprint density at radius 2 is 1.78 bits per heavy atom. The van der Waals surface area contributed by atoms with E-state index in [9.17, 15) is 9.59 Å². The molecular formula is C29H37N5O3. The predicted molar refractivity (Wildman–Crippen MR) is 145 cm³/mol. The first kappa shape index (κ1) is 25.4. The Labute approximate surface area is 219 Å². The summed E-state index contributed by atoms with van der Waals surface area (Å²) in [6, 6.07) is 10.0. The number of fused-ring (bicyclic) bond motifs is 1. The summed E-state index contributed by atoms with van der Waals surface area (Å²) >= 11 is 0. The molecule has 0 atom stereocenters. The van der Waals surface area contributed by atoms with Crippen LogP contribution in [-0.2, 0) is 16.0 Å². The van der Waals surface area contributed by atoms with Crippen LogP contribution in [0.3, 0.4) is 0 Å². The highest BCUT2D eigenvalue weighted by Gasteiger charge is 2.37. The van der Waals surface area contributed by atoms with Crippen molar-refractivity contribution in [2.45, 2.75) is 65.0 Å². The molecule has 0 bridgehead atoms. The number of aryl methyl sites for hydroxylation is 1. The third-order valence-corrected chi connectivity index (χ3v) is 7.56. The number of anilines is 2. The second-order valence-electron chi connectivity index (χ2n) is 10.7. The first-order valence-corrected chi connectivity index (χ1v) is 13.5. The molecule has 8 nitrogen and oxygen atoms in total. The number of carbonyl (C=O) groups excluding carboxylic acids is 2. The van der Waals surface area contributed by atoms with Gasteiger partial charge in [0, 0.05) is 60.9 Å². The topological polar surface area (TPSA) is 87.1 Å². The lowest BCUT2D eigenvalue weighted by atomic mass is 9.84. The van der Waals surface area contributed by atoms with Crippen molar-refractivity contribution < 1.29 is 14.3 Å². The zero-order valence-electron chi connectivity index (χ0n) is 22.1. The third-order valence-electron chi connectivity index (χ3n) is 7.56. The van der Waals surface area contributed by atoms with Crippen molar-refractivity contribution in [3.8, 4) is 0 Å². The van der Waals surface area contributed by atoms with Crippen LogP contribution in [0.25, 0.3) is 0 Å². The lowest BCUT2D eigenvalue weighted by Crippen LogP contribution is -2.44.